The lowest BCUT2D eigenvalue weighted by Crippen LogP contribution is -2.37. The first kappa shape index (κ1) is 25.5. The van der Waals surface area contributed by atoms with Crippen LogP contribution in [0.15, 0.2) is 107 Å². The smallest absolute Gasteiger partial charge is 0.0593 e. The molecule has 6 aliphatic rings. The largest absolute Gasteiger partial charge is 0.357 e. The van der Waals surface area contributed by atoms with Gasteiger partial charge in [-0.2, -0.15) is 0 Å². The molecule has 1 aromatic heterocycles. The van der Waals surface area contributed by atoms with Crippen LogP contribution < -0.4 is 4.90 Å². The molecule has 3 atom stereocenters. The summed E-state index contributed by atoms with van der Waals surface area (Å²) in [4.78, 5) is 2.75. The molecule has 0 bridgehead atoms. The quantitative estimate of drug-likeness (QED) is 0.303. The molecule has 2 aromatic carbocycles. The lowest BCUT2D eigenvalue weighted by Gasteiger charge is -2.34. The first-order chi connectivity index (χ1) is 20.9. The van der Waals surface area contributed by atoms with E-state index in [-0.39, 0.29) is 5.41 Å². The summed E-state index contributed by atoms with van der Waals surface area (Å²) in [5, 5.41) is 0. The second kappa shape index (κ2) is 8.99. The molecule has 5 aliphatic carbocycles. The van der Waals surface area contributed by atoms with E-state index in [9.17, 15) is 0 Å². The number of anilines is 1. The number of nitrogens with zero attached hydrogens (tertiary/aromatic N) is 2. The van der Waals surface area contributed by atoms with E-state index < -0.39 is 0 Å². The molecule has 0 spiro atoms. The Bertz CT molecular complexity index is 1880. The van der Waals surface area contributed by atoms with E-state index in [0.29, 0.717) is 18.0 Å². The SMILES string of the molecule is Cc1ccc(N2C3CC=CC=C3C3=CC4=C(CC32)C2=Cc3c(c5c(n3-c3ccc(C)cc3)C=CCC5)CC2C4(C)C)cc1. The highest BCUT2D eigenvalue weighted by molar-refractivity contribution is 5.78. The molecule has 0 amide bonds. The van der Waals surface area contributed by atoms with Gasteiger partial charge in [0, 0.05) is 22.8 Å². The van der Waals surface area contributed by atoms with Crippen molar-refractivity contribution in [2.45, 2.75) is 71.9 Å². The Labute approximate surface area is 256 Å². The fourth-order valence-corrected chi connectivity index (χ4v) is 9.22. The lowest BCUT2D eigenvalue weighted by molar-refractivity contribution is 0.332. The highest BCUT2D eigenvalue weighted by Gasteiger charge is 2.52. The van der Waals surface area contributed by atoms with Crippen molar-refractivity contribution in [1.29, 1.82) is 0 Å². The van der Waals surface area contributed by atoms with E-state index in [0.717, 1.165) is 32.1 Å². The van der Waals surface area contributed by atoms with Crippen LogP contribution in [0.3, 0.4) is 0 Å². The van der Waals surface area contributed by atoms with Gasteiger partial charge in [-0.15, -0.1) is 0 Å². The maximum absolute atomic E-state index is 2.75. The summed E-state index contributed by atoms with van der Waals surface area (Å²) in [5.74, 6) is 0.522. The zero-order valence-electron chi connectivity index (χ0n) is 25.8. The molecular formula is C41H40N2. The highest BCUT2D eigenvalue weighted by Crippen LogP contribution is 2.60. The van der Waals surface area contributed by atoms with Crippen molar-refractivity contribution in [3.63, 3.8) is 0 Å². The number of aryl methyl sites for hydroxylation is 2. The Morgan fingerprint density at radius 2 is 1.47 bits per heavy atom. The number of fused-ring (bicyclic) bond motifs is 8. The fourth-order valence-electron chi connectivity index (χ4n) is 9.22. The minimum atomic E-state index is 0.109. The second-order valence-electron chi connectivity index (χ2n) is 14.2. The molecule has 9 rings (SSSR count). The Hall–Kier alpha value is -4.04. The molecule has 3 aromatic rings. The fraction of sp³-hybridized carbons (Fsp3) is 0.317. The van der Waals surface area contributed by atoms with Crippen LogP contribution in [0.4, 0.5) is 5.69 Å². The third kappa shape index (κ3) is 3.53. The van der Waals surface area contributed by atoms with Gasteiger partial charge in [-0.3, -0.25) is 0 Å². The van der Waals surface area contributed by atoms with Crippen molar-refractivity contribution in [1.82, 2.24) is 4.57 Å². The van der Waals surface area contributed by atoms with Gasteiger partial charge < -0.3 is 9.47 Å². The molecular weight excluding hydrogens is 520 g/mol. The van der Waals surface area contributed by atoms with Crippen molar-refractivity contribution >= 4 is 17.8 Å². The molecule has 2 heterocycles. The van der Waals surface area contributed by atoms with Crippen LogP contribution in [-0.2, 0) is 12.8 Å². The maximum atomic E-state index is 2.75. The molecule has 43 heavy (non-hydrogen) atoms. The van der Waals surface area contributed by atoms with Gasteiger partial charge in [0.1, 0.15) is 0 Å². The normalized spacial score (nSPS) is 25.7. The summed E-state index contributed by atoms with van der Waals surface area (Å²) in [5.41, 5.74) is 19.3. The molecule has 3 unspecified atom stereocenters. The summed E-state index contributed by atoms with van der Waals surface area (Å²) in [6.07, 6.45) is 22.7. The predicted octanol–water partition coefficient (Wildman–Crippen LogP) is 9.42. The average Bonchev–Trinajstić information content (AvgIpc) is 3.60. The van der Waals surface area contributed by atoms with Crippen LogP contribution in [0.2, 0.25) is 0 Å². The van der Waals surface area contributed by atoms with Crippen molar-refractivity contribution < 1.29 is 0 Å². The average molecular weight is 561 g/mol. The van der Waals surface area contributed by atoms with Crippen LogP contribution in [0.5, 0.6) is 0 Å². The monoisotopic (exact) mass is 560 g/mol. The van der Waals surface area contributed by atoms with Crippen LogP contribution in [-0.4, -0.2) is 16.7 Å². The minimum absolute atomic E-state index is 0.109. The Morgan fingerprint density at radius 1 is 0.721 bits per heavy atom. The van der Waals surface area contributed by atoms with Gasteiger partial charge in [0.2, 0.25) is 0 Å². The van der Waals surface area contributed by atoms with Crippen molar-refractivity contribution in [2.24, 2.45) is 11.3 Å². The summed E-state index contributed by atoms with van der Waals surface area (Å²) in [6.45, 7) is 9.43. The molecule has 2 heteroatoms. The highest BCUT2D eigenvalue weighted by atomic mass is 15.2. The summed E-state index contributed by atoms with van der Waals surface area (Å²) >= 11 is 0. The van der Waals surface area contributed by atoms with Gasteiger partial charge in [0.05, 0.1) is 12.1 Å². The van der Waals surface area contributed by atoms with Crippen molar-refractivity contribution in [3.8, 4) is 5.69 Å². The van der Waals surface area contributed by atoms with Gasteiger partial charge in [-0.05, 0) is 133 Å². The van der Waals surface area contributed by atoms with E-state index in [2.05, 4.69) is 128 Å². The van der Waals surface area contributed by atoms with Crippen LogP contribution in [0.1, 0.15) is 66.8 Å². The van der Waals surface area contributed by atoms with E-state index in [1.807, 2.05) is 0 Å². The molecule has 1 fully saturated rings. The molecule has 2 nitrogen and oxygen atoms in total. The first-order valence-corrected chi connectivity index (χ1v) is 16.3. The van der Waals surface area contributed by atoms with Gasteiger partial charge in [0.25, 0.3) is 0 Å². The van der Waals surface area contributed by atoms with E-state index in [4.69, 9.17) is 0 Å². The molecule has 0 radical (unpaired) electrons. The van der Waals surface area contributed by atoms with Gasteiger partial charge in [-0.25, -0.2) is 0 Å². The van der Waals surface area contributed by atoms with Crippen LogP contribution in [0.25, 0.3) is 17.8 Å². The molecule has 1 saturated heterocycles. The third-order valence-corrected chi connectivity index (χ3v) is 11.4. The standard InChI is InChI=1S/C41H40N2/c1-25-13-17-27(18-14-25)42-37-11-7-5-9-29(37)33-21-35-31(23-39(33)42)32-24-40-34(22-36(32)41(35,3)4)30-10-6-8-12-38(30)43(40)28-19-15-26(2)16-20-28/h5,7-9,12-21,24,36-37,39H,6,10-11,22-23H2,1-4H3. The number of aromatic nitrogens is 1. The Morgan fingerprint density at radius 3 is 2.23 bits per heavy atom. The first-order valence-electron chi connectivity index (χ1n) is 16.3. The minimum Gasteiger partial charge on any atom is -0.357 e. The topological polar surface area (TPSA) is 8.17 Å². The van der Waals surface area contributed by atoms with E-state index >= 15 is 0 Å². The number of benzene rings is 2. The number of hydrogen-bond acceptors (Lipinski definition) is 1. The zero-order chi connectivity index (χ0) is 29.0. The Kier molecular flexibility index (Phi) is 5.32. The predicted molar refractivity (Wildman–Crippen MR) is 180 cm³/mol. The second-order valence-corrected chi connectivity index (χ2v) is 14.2. The van der Waals surface area contributed by atoms with Gasteiger partial charge >= 0.3 is 0 Å². The maximum Gasteiger partial charge on any atom is 0.0593 e. The number of allylic oxidation sites excluding steroid dienone is 6. The van der Waals surface area contributed by atoms with Crippen LogP contribution >= 0.6 is 0 Å². The third-order valence-electron chi connectivity index (χ3n) is 11.4. The van der Waals surface area contributed by atoms with E-state index in [1.54, 1.807) is 33.4 Å². The van der Waals surface area contributed by atoms with Crippen LogP contribution in [0, 0.1) is 25.2 Å². The van der Waals surface area contributed by atoms with E-state index in [1.165, 1.54) is 39.5 Å². The molecule has 0 N–H and O–H groups in total. The number of hydrogen-bond donors (Lipinski definition) is 0. The molecule has 0 saturated carbocycles. The van der Waals surface area contributed by atoms with Gasteiger partial charge in [-0.1, -0.05) is 79.6 Å². The zero-order valence-corrected chi connectivity index (χ0v) is 25.8. The van der Waals surface area contributed by atoms with Crippen molar-refractivity contribution in [2.75, 3.05) is 4.90 Å². The Balaban J connectivity index is 1.21. The summed E-state index contributed by atoms with van der Waals surface area (Å²) in [6, 6.07) is 19.2. The summed E-state index contributed by atoms with van der Waals surface area (Å²) < 4.78 is 2.57. The molecule has 214 valence electrons. The molecule has 1 aliphatic heterocycles. The van der Waals surface area contributed by atoms with Crippen molar-refractivity contribution in [3.05, 3.63) is 140 Å². The van der Waals surface area contributed by atoms with Gasteiger partial charge in [0.15, 0.2) is 0 Å². The lowest BCUT2D eigenvalue weighted by atomic mass is 9.70. The summed E-state index contributed by atoms with van der Waals surface area (Å²) in [7, 11) is 0. The number of rotatable bonds is 2.